The molecular weight excluding hydrogens is 228 g/mol. The summed E-state index contributed by atoms with van der Waals surface area (Å²) in [4.78, 5) is 33.4. The number of hydrogen-bond acceptors (Lipinski definition) is 4. The van der Waals surface area contributed by atoms with Gasteiger partial charge >= 0.3 is 5.97 Å². The van der Waals surface area contributed by atoms with Crippen LogP contribution in [0.3, 0.4) is 0 Å². The second-order valence-corrected chi connectivity index (χ2v) is 4.09. The predicted octanol–water partition coefficient (Wildman–Crippen LogP) is -0.501. The molecule has 7 heteroatoms. The summed E-state index contributed by atoms with van der Waals surface area (Å²) in [5, 5.41) is 19.5. The molecule has 1 fully saturated rings. The molecule has 0 bridgehead atoms. The standard InChI is InChI=1S/C10H16N2O5/c13-8(12-17)5-11-9(14)6-3-1-2-4-7(6)10(15)16/h6-7,17H,1-5H2,(H,11,14)(H,12,13)(H,15,16)/t6-,7+/m1/s1. The fourth-order valence-electron chi connectivity index (χ4n) is 2.08. The number of carboxylic acid groups (broad SMARTS) is 1. The summed E-state index contributed by atoms with van der Waals surface area (Å²) in [6, 6.07) is 0. The quantitative estimate of drug-likeness (QED) is 0.393. The molecule has 0 aromatic carbocycles. The van der Waals surface area contributed by atoms with Crippen molar-refractivity contribution in [3.8, 4) is 0 Å². The first-order valence-corrected chi connectivity index (χ1v) is 5.49. The monoisotopic (exact) mass is 244 g/mol. The lowest BCUT2D eigenvalue weighted by molar-refractivity contribution is -0.149. The number of nitrogens with one attached hydrogen (secondary N) is 2. The first kappa shape index (κ1) is 13.4. The SMILES string of the molecule is O=C(CNC(=O)[C@@H]1CCCC[C@@H]1C(=O)O)NO. The minimum Gasteiger partial charge on any atom is -0.481 e. The van der Waals surface area contributed by atoms with E-state index in [4.69, 9.17) is 10.3 Å². The van der Waals surface area contributed by atoms with Gasteiger partial charge in [-0.1, -0.05) is 12.8 Å². The minimum atomic E-state index is -0.976. The van der Waals surface area contributed by atoms with Crippen molar-refractivity contribution in [2.24, 2.45) is 11.8 Å². The van der Waals surface area contributed by atoms with Gasteiger partial charge in [0, 0.05) is 0 Å². The average molecular weight is 244 g/mol. The van der Waals surface area contributed by atoms with Gasteiger partial charge in [-0.15, -0.1) is 0 Å². The second kappa shape index (κ2) is 6.19. The highest BCUT2D eigenvalue weighted by molar-refractivity contribution is 5.88. The molecule has 96 valence electrons. The van der Waals surface area contributed by atoms with Crippen LogP contribution in [0.15, 0.2) is 0 Å². The maximum Gasteiger partial charge on any atom is 0.307 e. The Morgan fingerprint density at radius 3 is 2.24 bits per heavy atom. The molecule has 4 N–H and O–H groups in total. The minimum absolute atomic E-state index is 0.349. The van der Waals surface area contributed by atoms with Crippen LogP contribution in [0, 0.1) is 11.8 Å². The van der Waals surface area contributed by atoms with Gasteiger partial charge in [-0.25, -0.2) is 5.48 Å². The average Bonchev–Trinajstić information content (AvgIpc) is 2.35. The Balaban J connectivity index is 2.53. The van der Waals surface area contributed by atoms with Crippen molar-refractivity contribution in [1.82, 2.24) is 10.8 Å². The Morgan fingerprint density at radius 1 is 1.12 bits per heavy atom. The molecule has 7 nitrogen and oxygen atoms in total. The van der Waals surface area contributed by atoms with Gasteiger partial charge in [-0.3, -0.25) is 19.6 Å². The number of aliphatic carboxylic acids is 1. The molecule has 0 spiro atoms. The summed E-state index contributed by atoms with van der Waals surface area (Å²) in [6.07, 6.45) is 2.62. The van der Waals surface area contributed by atoms with Crippen LogP contribution in [-0.2, 0) is 14.4 Å². The molecule has 2 amide bonds. The zero-order chi connectivity index (χ0) is 12.8. The van der Waals surface area contributed by atoms with Crippen LogP contribution >= 0.6 is 0 Å². The van der Waals surface area contributed by atoms with Gasteiger partial charge in [-0.05, 0) is 12.8 Å². The lowest BCUT2D eigenvalue weighted by Crippen LogP contribution is -2.43. The molecule has 2 atom stereocenters. The summed E-state index contributed by atoms with van der Waals surface area (Å²) >= 11 is 0. The van der Waals surface area contributed by atoms with Gasteiger partial charge in [-0.2, -0.15) is 0 Å². The van der Waals surface area contributed by atoms with E-state index in [1.165, 1.54) is 5.48 Å². The van der Waals surface area contributed by atoms with Crippen molar-refractivity contribution in [3.63, 3.8) is 0 Å². The van der Waals surface area contributed by atoms with Gasteiger partial charge in [0.1, 0.15) is 0 Å². The maximum absolute atomic E-state index is 11.7. The van der Waals surface area contributed by atoms with E-state index >= 15 is 0 Å². The van der Waals surface area contributed by atoms with Gasteiger partial charge in [0.15, 0.2) is 0 Å². The fourth-order valence-corrected chi connectivity index (χ4v) is 2.08. The lowest BCUT2D eigenvalue weighted by Gasteiger charge is -2.27. The van der Waals surface area contributed by atoms with Crippen LogP contribution in [0.25, 0.3) is 0 Å². The van der Waals surface area contributed by atoms with Gasteiger partial charge in [0.25, 0.3) is 5.91 Å². The Hall–Kier alpha value is -1.63. The summed E-state index contributed by atoms with van der Waals surface area (Å²) in [5.41, 5.74) is 1.39. The van der Waals surface area contributed by atoms with Crippen LogP contribution in [0.4, 0.5) is 0 Å². The highest BCUT2D eigenvalue weighted by Crippen LogP contribution is 2.30. The van der Waals surface area contributed by atoms with Gasteiger partial charge in [0.05, 0.1) is 18.4 Å². The first-order valence-electron chi connectivity index (χ1n) is 5.49. The van der Waals surface area contributed by atoms with Gasteiger partial charge < -0.3 is 10.4 Å². The molecule has 17 heavy (non-hydrogen) atoms. The molecule has 1 aliphatic carbocycles. The lowest BCUT2D eigenvalue weighted by atomic mass is 9.79. The zero-order valence-corrected chi connectivity index (χ0v) is 9.31. The summed E-state index contributed by atoms with van der Waals surface area (Å²) in [7, 11) is 0. The van der Waals surface area contributed by atoms with Crippen LogP contribution < -0.4 is 10.8 Å². The van der Waals surface area contributed by atoms with Crippen molar-refractivity contribution < 1.29 is 24.7 Å². The first-order chi connectivity index (χ1) is 8.06. The van der Waals surface area contributed by atoms with E-state index in [9.17, 15) is 14.4 Å². The van der Waals surface area contributed by atoms with Crippen LogP contribution in [0.1, 0.15) is 25.7 Å². The highest BCUT2D eigenvalue weighted by atomic mass is 16.5. The van der Waals surface area contributed by atoms with E-state index in [-0.39, 0.29) is 6.54 Å². The third-order valence-corrected chi connectivity index (χ3v) is 2.97. The number of rotatable bonds is 4. The largest absolute Gasteiger partial charge is 0.481 e. The summed E-state index contributed by atoms with van der Waals surface area (Å²) < 4.78 is 0. The number of amides is 2. The summed E-state index contributed by atoms with van der Waals surface area (Å²) in [5.74, 6) is -3.42. The Bertz CT molecular complexity index is 318. The van der Waals surface area contributed by atoms with Crippen molar-refractivity contribution >= 4 is 17.8 Å². The number of hydrogen-bond donors (Lipinski definition) is 4. The molecule has 1 rings (SSSR count). The smallest absolute Gasteiger partial charge is 0.307 e. The summed E-state index contributed by atoms with van der Waals surface area (Å²) in [6.45, 7) is -0.349. The molecule has 0 aliphatic heterocycles. The molecule has 0 saturated heterocycles. The molecule has 0 aromatic rings. The Kier molecular flexibility index (Phi) is 4.89. The Morgan fingerprint density at radius 2 is 1.71 bits per heavy atom. The van der Waals surface area contributed by atoms with Crippen LogP contribution in [0.2, 0.25) is 0 Å². The third kappa shape index (κ3) is 3.70. The van der Waals surface area contributed by atoms with E-state index < -0.39 is 29.6 Å². The second-order valence-electron chi connectivity index (χ2n) is 4.09. The molecule has 0 aromatic heterocycles. The van der Waals surface area contributed by atoms with Crippen molar-refractivity contribution in [3.05, 3.63) is 0 Å². The van der Waals surface area contributed by atoms with E-state index in [0.29, 0.717) is 12.8 Å². The number of hydroxylamine groups is 1. The van der Waals surface area contributed by atoms with E-state index in [1.54, 1.807) is 0 Å². The zero-order valence-electron chi connectivity index (χ0n) is 9.31. The molecule has 0 heterocycles. The normalized spacial score (nSPS) is 23.8. The maximum atomic E-state index is 11.7. The molecule has 0 radical (unpaired) electrons. The van der Waals surface area contributed by atoms with Crippen molar-refractivity contribution in [1.29, 1.82) is 0 Å². The number of carboxylic acids is 1. The fraction of sp³-hybridized carbons (Fsp3) is 0.700. The van der Waals surface area contributed by atoms with Crippen LogP contribution in [-0.4, -0.2) is 34.6 Å². The number of carbonyl (C=O) groups excluding carboxylic acids is 2. The van der Waals surface area contributed by atoms with E-state index in [2.05, 4.69) is 5.32 Å². The van der Waals surface area contributed by atoms with Crippen molar-refractivity contribution in [2.45, 2.75) is 25.7 Å². The third-order valence-electron chi connectivity index (χ3n) is 2.97. The van der Waals surface area contributed by atoms with E-state index in [0.717, 1.165) is 12.8 Å². The number of carbonyl (C=O) groups is 3. The van der Waals surface area contributed by atoms with Crippen molar-refractivity contribution in [2.75, 3.05) is 6.54 Å². The molecule has 1 saturated carbocycles. The van der Waals surface area contributed by atoms with Gasteiger partial charge in [0.2, 0.25) is 5.91 Å². The molecular formula is C10H16N2O5. The molecule has 0 unspecified atom stereocenters. The van der Waals surface area contributed by atoms with Crippen LogP contribution in [0.5, 0.6) is 0 Å². The van der Waals surface area contributed by atoms with E-state index in [1.807, 2.05) is 0 Å². The highest BCUT2D eigenvalue weighted by Gasteiger charge is 2.35. The topological polar surface area (TPSA) is 116 Å². The predicted molar refractivity (Wildman–Crippen MR) is 56.0 cm³/mol. The molecule has 1 aliphatic rings. The Labute approximate surface area is 98.1 Å².